The van der Waals surface area contributed by atoms with Gasteiger partial charge >= 0.3 is 0 Å². The second-order valence-corrected chi connectivity index (χ2v) is 9.84. The van der Waals surface area contributed by atoms with Crippen LogP contribution in [-0.4, -0.2) is 18.2 Å². The summed E-state index contributed by atoms with van der Waals surface area (Å²) in [7, 11) is 0. The van der Waals surface area contributed by atoms with Crippen LogP contribution < -0.4 is 10.2 Å². The first-order chi connectivity index (χ1) is 17.7. The number of anilines is 1. The zero-order valence-corrected chi connectivity index (χ0v) is 19.8. The summed E-state index contributed by atoms with van der Waals surface area (Å²) in [4.78, 5) is 2.47. The molecule has 0 saturated carbocycles. The van der Waals surface area contributed by atoms with E-state index in [-0.39, 0.29) is 6.17 Å². The highest BCUT2D eigenvalue weighted by Crippen LogP contribution is 2.39. The van der Waals surface area contributed by atoms with Crippen molar-refractivity contribution < 1.29 is 8.83 Å². The molecule has 3 atom stereocenters. The Labute approximate surface area is 208 Å². The molecule has 0 spiro atoms. The Bertz CT molecular complexity index is 1870. The van der Waals surface area contributed by atoms with E-state index in [9.17, 15) is 0 Å². The first kappa shape index (κ1) is 20.0. The molecule has 36 heavy (non-hydrogen) atoms. The van der Waals surface area contributed by atoms with Gasteiger partial charge in [-0.3, -0.25) is 5.32 Å². The van der Waals surface area contributed by atoms with Crippen LogP contribution in [0.25, 0.3) is 55.0 Å². The van der Waals surface area contributed by atoms with Gasteiger partial charge in [-0.2, -0.15) is 0 Å². The lowest BCUT2D eigenvalue weighted by Crippen LogP contribution is -2.36. The van der Waals surface area contributed by atoms with Crippen LogP contribution in [0.2, 0.25) is 0 Å². The van der Waals surface area contributed by atoms with E-state index < -0.39 is 0 Å². The number of fused-ring (bicyclic) bond motifs is 7. The van der Waals surface area contributed by atoms with Crippen molar-refractivity contribution in [2.24, 2.45) is 0 Å². The van der Waals surface area contributed by atoms with Crippen LogP contribution in [-0.2, 0) is 0 Å². The summed E-state index contributed by atoms with van der Waals surface area (Å²) in [6, 6.07) is 28.4. The van der Waals surface area contributed by atoms with Gasteiger partial charge in [-0.25, -0.2) is 0 Å². The quantitative estimate of drug-likeness (QED) is 0.282. The molecule has 3 unspecified atom stereocenters. The highest BCUT2D eigenvalue weighted by molar-refractivity contribution is 6.15. The minimum Gasteiger partial charge on any atom is -0.456 e. The van der Waals surface area contributed by atoms with Gasteiger partial charge in [0, 0.05) is 27.2 Å². The van der Waals surface area contributed by atoms with Crippen LogP contribution >= 0.6 is 0 Å². The van der Waals surface area contributed by atoms with Gasteiger partial charge in [-0.1, -0.05) is 60.7 Å². The van der Waals surface area contributed by atoms with E-state index in [4.69, 9.17) is 8.83 Å². The van der Waals surface area contributed by atoms with E-state index in [1.807, 2.05) is 18.2 Å². The van der Waals surface area contributed by atoms with Crippen molar-refractivity contribution in [2.75, 3.05) is 4.90 Å². The lowest BCUT2D eigenvalue weighted by molar-refractivity contribution is 0.623. The topological polar surface area (TPSA) is 41.5 Å². The monoisotopic (exact) mass is 468 g/mol. The van der Waals surface area contributed by atoms with E-state index in [0.29, 0.717) is 12.1 Å². The smallest absolute Gasteiger partial charge is 0.136 e. The van der Waals surface area contributed by atoms with Crippen molar-refractivity contribution in [1.29, 1.82) is 0 Å². The van der Waals surface area contributed by atoms with Crippen molar-refractivity contribution in [1.82, 2.24) is 5.32 Å². The van der Waals surface area contributed by atoms with Gasteiger partial charge < -0.3 is 13.7 Å². The molecule has 0 amide bonds. The second kappa shape index (κ2) is 7.36. The second-order valence-electron chi connectivity index (χ2n) is 9.84. The molecule has 1 saturated heterocycles. The molecular weight excluding hydrogens is 444 g/mol. The molecule has 0 bridgehead atoms. The van der Waals surface area contributed by atoms with E-state index >= 15 is 0 Å². The van der Waals surface area contributed by atoms with Crippen molar-refractivity contribution in [3.05, 3.63) is 103 Å². The van der Waals surface area contributed by atoms with Crippen LogP contribution in [0.4, 0.5) is 5.69 Å². The Morgan fingerprint density at radius 1 is 0.639 bits per heavy atom. The van der Waals surface area contributed by atoms with Gasteiger partial charge in [0.25, 0.3) is 0 Å². The van der Waals surface area contributed by atoms with Crippen molar-refractivity contribution >= 4 is 49.6 Å². The third kappa shape index (κ3) is 2.85. The summed E-state index contributed by atoms with van der Waals surface area (Å²) in [5.74, 6) is 0. The summed E-state index contributed by atoms with van der Waals surface area (Å²) >= 11 is 0. The van der Waals surface area contributed by atoms with Gasteiger partial charge in [0.15, 0.2) is 0 Å². The average molecular weight is 469 g/mol. The number of nitrogens with one attached hydrogen (secondary N) is 1. The van der Waals surface area contributed by atoms with Gasteiger partial charge in [-0.05, 0) is 60.5 Å². The highest BCUT2D eigenvalue weighted by Gasteiger charge is 2.36. The van der Waals surface area contributed by atoms with Gasteiger partial charge in [0.2, 0.25) is 0 Å². The predicted octanol–water partition coefficient (Wildman–Crippen LogP) is 7.77. The number of allylic oxidation sites excluding steroid dienone is 2. The summed E-state index contributed by atoms with van der Waals surface area (Å²) in [5, 5.41) is 8.08. The first-order valence-electron chi connectivity index (χ1n) is 12.5. The molecule has 4 heteroatoms. The highest BCUT2D eigenvalue weighted by atomic mass is 16.3. The van der Waals surface area contributed by atoms with Crippen LogP contribution in [0.15, 0.2) is 112 Å². The molecule has 1 aliphatic heterocycles. The number of furan rings is 2. The maximum absolute atomic E-state index is 6.28. The largest absolute Gasteiger partial charge is 0.456 e. The van der Waals surface area contributed by atoms with Crippen molar-refractivity contribution in [3.8, 4) is 11.1 Å². The number of rotatable bonds is 2. The maximum Gasteiger partial charge on any atom is 0.136 e. The molecule has 1 aliphatic carbocycles. The van der Waals surface area contributed by atoms with Crippen molar-refractivity contribution in [2.45, 2.75) is 25.2 Å². The fourth-order valence-corrected chi connectivity index (χ4v) is 6.05. The predicted molar refractivity (Wildman–Crippen MR) is 147 cm³/mol. The lowest BCUT2D eigenvalue weighted by Gasteiger charge is -2.30. The number of nitrogens with zero attached hydrogens (tertiary/aromatic N) is 1. The molecular formula is C32H24N2O2. The van der Waals surface area contributed by atoms with Crippen LogP contribution in [0.5, 0.6) is 0 Å². The minimum atomic E-state index is 0.258. The molecule has 174 valence electrons. The molecule has 1 fully saturated rings. The average Bonchev–Trinajstić information content (AvgIpc) is 3.56. The Morgan fingerprint density at radius 2 is 1.36 bits per heavy atom. The molecule has 4 aromatic carbocycles. The zero-order chi connectivity index (χ0) is 23.8. The molecule has 8 rings (SSSR count). The maximum atomic E-state index is 6.28. The van der Waals surface area contributed by atoms with E-state index in [2.05, 4.69) is 102 Å². The Morgan fingerprint density at radius 3 is 2.25 bits per heavy atom. The molecule has 0 radical (unpaired) electrons. The van der Waals surface area contributed by atoms with Gasteiger partial charge in [0.05, 0.1) is 18.2 Å². The molecule has 3 heterocycles. The van der Waals surface area contributed by atoms with E-state index in [1.54, 1.807) is 0 Å². The van der Waals surface area contributed by atoms with Crippen LogP contribution in [0.1, 0.15) is 6.92 Å². The SMILES string of the molecule is CC1NC2C=CC=CC2N1c1cccc(-c2ccc3oc4cc5c(cc4c3c2)oc2ccccc25)c1. The Kier molecular flexibility index (Phi) is 4.08. The summed E-state index contributed by atoms with van der Waals surface area (Å²) in [5.41, 5.74) is 7.15. The fourth-order valence-electron chi connectivity index (χ4n) is 6.05. The third-order valence-electron chi connectivity index (χ3n) is 7.72. The number of hydrogen-bond acceptors (Lipinski definition) is 4. The summed E-state index contributed by atoms with van der Waals surface area (Å²) < 4.78 is 12.4. The fraction of sp³-hybridized carbons (Fsp3) is 0.125. The van der Waals surface area contributed by atoms with Gasteiger partial charge in [0.1, 0.15) is 22.3 Å². The van der Waals surface area contributed by atoms with E-state index in [0.717, 1.165) is 43.9 Å². The Hall–Kier alpha value is -4.28. The number of hydrogen-bond donors (Lipinski definition) is 1. The molecule has 6 aromatic rings. The molecule has 1 N–H and O–H groups in total. The normalized spacial score (nSPS) is 21.4. The van der Waals surface area contributed by atoms with Crippen molar-refractivity contribution in [3.63, 3.8) is 0 Å². The zero-order valence-electron chi connectivity index (χ0n) is 19.8. The number of para-hydroxylation sites is 1. The number of benzene rings is 4. The summed E-state index contributed by atoms with van der Waals surface area (Å²) in [6.45, 7) is 2.23. The Balaban J connectivity index is 1.25. The van der Waals surface area contributed by atoms with Crippen LogP contribution in [0, 0.1) is 0 Å². The minimum absolute atomic E-state index is 0.258. The first-order valence-corrected chi connectivity index (χ1v) is 12.5. The van der Waals surface area contributed by atoms with Gasteiger partial charge in [-0.15, -0.1) is 0 Å². The summed E-state index contributed by atoms with van der Waals surface area (Å²) in [6.07, 6.45) is 9.08. The standard InChI is InChI=1S/C32H24N2O2/c1-19-33-27-10-3-4-11-28(27)34(19)22-8-6-7-20(15-22)21-13-14-30-24(16-21)26-18-31-25(17-32(26)36-30)23-9-2-5-12-29(23)35-31/h2-19,27-28,33H,1H3. The molecule has 4 nitrogen and oxygen atoms in total. The molecule has 2 aromatic heterocycles. The van der Waals surface area contributed by atoms with Crippen LogP contribution in [0.3, 0.4) is 0 Å². The van der Waals surface area contributed by atoms with E-state index in [1.165, 1.54) is 16.8 Å². The third-order valence-corrected chi connectivity index (χ3v) is 7.72. The lowest BCUT2D eigenvalue weighted by atomic mass is 10.00. The molecule has 2 aliphatic rings.